The third-order valence-electron chi connectivity index (χ3n) is 2.96. The van der Waals surface area contributed by atoms with Gasteiger partial charge >= 0.3 is 5.97 Å². The van der Waals surface area contributed by atoms with Gasteiger partial charge in [-0.2, -0.15) is 0 Å². The van der Waals surface area contributed by atoms with E-state index in [-0.39, 0.29) is 0 Å². The SMILES string of the molecule is [2H]/C(=C1/c2c([2H])c(CC(=O)O)c([2H])c([2H])c2OC([2H])([2H])c2c([2H])c([2H])c([2H])c([2H])c21)C([2H])([2H])C([2H])([2H])N(C([2H])([2H])[2H])C([2H])([2H])[2H]. The first kappa shape index (κ1) is 5.21. The summed E-state index contributed by atoms with van der Waals surface area (Å²) < 4.78 is 169. The molecule has 1 aliphatic heterocycles. The van der Waals surface area contributed by atoms with Crippen LogP contribution < -0.4 is 4.74 Å². The largest absolute Gasteiger partial charge is 0.488 e. The van der Waals surface area contributed by atoms with Crippen LogP contribution >= 0.6 is 0 Å². The first-order chi connectivity index (χ1) is 20.0. The van der Waals surface area contributed by atoms with Gasteiger partial charge in [0.1, 0.15) is 12.3 Å². The summed E-state index contributed by atoms with van der Waals surface area (Å²) >= 11 is 0. The van der Waals surface area contributed by atoms with Gasteiger partial charge in [0.2, 0.25) is 0 Å². The fourth-order valence-corrected chi connectivity index (χ4v) is 2.00. The Morgan fingerprint density at radius 3 is 3.08 bits per heavy atom. The van der Waals surface area contributed by atoms with Gasteiger partial charge in [-0.05, 0) is 54.7 Å². The lowest BCUT2D eigenvalue weighted by atomic mass is 9.92. The Bertz CT molecular complexity index is 1610. The van der Waals surface area contributed by atoms with Crippen molar-refractivity contribution in [3.8, 4) is 5.75 Å². The fourth-order valence-electron chi connectivity index (χ4n) is 2.00. The summed E-state index contributed by atoms with van der Waals surface area (Å²) in [4.78, 5) is 10.8. The number of nitrogens with zero attached hydrogens (tertiary/aromatic N) is 1. The second-order valence-electron chi connectivity index (χ2n) is 4.65. The molecule has 4 heteroatoms. The molecule has 0 saturated carbocycles. The van der Waals surface area contributed by atoms with Gasteiger partial charge in [-0.25, -0.2) is 0 Å². The van der Waals surface area contributed by atoms with Crippen LogP contribution in [0.2, 0.25) is 0 Å². The average molecular weight is 358 g/mol. The Morgan fingerprint density at radius 2 is 2.28 bits per heavy atom. The van der Waals surface area contributed by atoms with E-state index in [0.29, 0.717) is 0 Å². The van der Waals surface area contributed by atoms with Crippen molar-refractivity contribution in [3.05, 3.63) is 70.6 Å². The molecule has 0 aliphatic carbocycles. The van der Waals surface area contributed by atoms with E-state index in [1.165, 1.54) is 0 Å². The van der Waals surface area contributed by atoms with E-state index in [9.17, 15) is 9.90 Å². The summed E-state index contributed by atoms with van der Waals surface area (Å²) in [6, 6.07) is -9.49. The molecule has 1 heterocycles. The Balaban J connectivity index is 2.76. The zero-order valence-electron chi connectivity index (χ0n) is 32.4. The van der Waals surface area contributed by atoms with Crippen LogP contribution in [-0.2, 0) is 17.8 Å². The molecule has 2 aromatic carbocycles. The lowest BCUT2D eigenvalue weighted by Gasteiger charge is -2.13. The number of rotatable bonds is 5. The fraction of sp³-hybridized carbons (Fsp3) is 0.286. The van der Waals surface area contributed by atoms with Gasteiger partial charge < -0.3 is 14.7 Å². The molecule has 4 nitrogen and oxygen atoms in total. The summed E-state index contributed by atoms with van der Waals surface area (Å²) in [6.45, 7) is -15.3. The second-order valence-corrected chi connectivity index (χ2v) is 4.65. The normalized spacial score (nSPS) is 30.8. The molecule has 2 aromatic rings. The van der Waals surface area contributed by atoms with Crippen LogP contribution in [-0.4, -0.2) is 36.4 Å². The van der Waals surface area contributed by atoms with Crippen molar-refractivity contribution in [2.24, 2.45) is 0 Å². The number of carboxylic acid groups (broad SMARTS) is 1. The molecule has 1 N–H and O–H groups in total. The van der Waals surface area contributed by atoms with Crippen molar-refractivity contribution >= 4 is 11.5 Å². The predicted molar refractivity (Wildman–Crippen MR) is 98.8 cm³/mol. The van der Waals surface area contributed by atoms with Crippen molar-refractivity contribution in [2.45, 2.75) is 19.4 Å². The molecule has 0 radical (unpaired) electrons. The van der Waals surface area contributed by atoms with Gasteiger partial charge in [-0.1, -0.05) is 36.3 Å². The molecule has 130 valence electrons. The van der Waals surface area contributed by atoms with Gasteiger partial charge in [-0.3, -0.25) is 4.79 Å². The minimum absolute atomic E-state index is 0.764. The third kappa shape index (κ3) is 4.09. The Kier molecular flexibility index (Phi) is 1.57. The maximum absolute atomic E-state index is 11.6. The number of carboxylic acids is 1. The van der Waals surface area contributed by atoms with E-state index in [1.54, 1.807) is 0 Å². The molecule has 0 bridgehead atoms. The molecule has 25 heavy (non-hydrogen) atoms. The molecule has 0 spiro atoms. The molecule has 0 fully saturated rings. The second kappa shape index (κ2) is 7.53. The minimum atomic E-state index is -4.18. The molecular weight excluding hydrogens is 314 g/mol. The number of aliphatic carboxylic acids is 1. The van der Waals surface area contributed by atoms with E-state index >= 15 is 0 Å². The van der Waals surface area contributed by atoms with Gasteiger partial charge in [0.25, 0.3) is 0 Å². The van der Waals surface area contributed by atoms with Crippen LogP contribution in [0.5, 0.6) is 5.75 Å². The quantitative estimate of drug-likeness (QED) is 0.888. The first-order valence-corrected chi connectivity index (χ1v) is 6.71. The van der Waals surface area contributed by atoms with Crippen molar-refractivity contribution in [3.63, 3.8) is 0 Å². The molecule has 3 rings (SSSR count). The highest BCUT2D eigenvalue weighted by Crippen LogP contribution is 2.37. The maximum atomic E-state index is 11.6. The highest BCUT2D eigenvalue weighted by atomic mass is 16.5. The number of carbonyl (C=O) groups is 1. The lowest BCUT2D eigenvalue weighted by molar-refractivity contribution is -0.136. The van der Waals surface area contributed by atoms with Crippen LogP contribution in [0, 0.1) is 0 Å². The molecule has 0 atom stereocenters. The van der Waals surface area contributed by atoms with Gasteiger partial charge in [-0.15, -0.1) is 0 Å². The smallest absolute Gasteiger partial charge is 0.307 e. The maximum Gasteiger partial charge on any atom is 0.307 e. The molecule has 0 amide bonds. The van der Waals surface area contributed by atoms with E-state index in [2.05, 4.69) is 0 Å². The predicted octanol–water partition coefficient (Wildman–Crippen LogP) is 3.59. The van der Waals surface area contributed by atoms with Gasteiger partial charge in [0, 0.05) is 25.8 Å². The highest BCUT2D eigenvalue weighted by molar-refractivity contribution is 5.85. The summed E-state index contributed by atoms with van der Waals surface area (Å²) in [5.74, 6) is -2.77. The van der Waals surface area contributed by atoms with Crippen LogP contribution in [0.1, 0.15) is 56.0 Å². The lowest BCUT2D eigenvalue weighted by Crippen LogP contribution is -2.12. The number of fused-ring (bicyclic) bond motifs is 2. The van der Waals surface area contributed by atoms with Crippen molar-refractivity contribution in [1.82, 2.24) is 4.90 Å². The molecule has 0 saturated heterocycles. The average Bonchev–Trinajstić information content (AvgIpc) is 2.96. The topological polar surface area (TPSA) is 49.8 Å². The zero-order chi connectivity index (χ0) is 35.2. The minimum Gasteiger partial charge on any atom is -0.488 e. The van der Waals surface area contributed by atoms with Crippen molar-refractivity contribution in [1.29, 1.82) is 0 Å². The summed E-state index contributed by atoms with van der Waals surface area (Å²) in [6.07, 6.45) is -5.24. The third-order valence-corrected chi connectivity index (χ3v) is 2.96. The number of hydrogen-bond acceptors (Lipinski definition) is 3. The van der Waals surface area contributed by atoms with Crippen molar-refractivity contribution in [2.75, 3.05) is 20.4 Å². The van der Waals surface area contributed by atoms with Crippen LogP contribution in [0.25, 0.3) is 5.57 Å². The number of ether oxygens (including phenoxy) is 1. The number of benzene rings is 2. The first-order valence-electron chi connectivity index (χ1n) is 16.7. The zero-order valence-corrected chi connectivity index (χ0v) is 12.4. The summed E-state index contributed by atoms with van der Waals surface area (Å²) in [5.41, 5.74) is -5.31. The summed E-state index contributed by atoms with van der Waals surface area (Å²) in [5, 5.41) is 9.39. The molecular formula is C21H23NO3. The van der Waals surface area contributed by atoms with E-state index < -0.39 is 133 Å². The monoisotopic (exact) mass is 357 g/mol. The highest BCUT2D eigenvalue weighted by Gasteiger charge is 2.19. The standard InChI is InChI=1S/C21H23NO3/c1-22(2)11-5-8-18-17-7-4-3-6-16(17)14-25-20-10-9-15(12-19(18)20)13-21(23)24/h3-4,6-10,12H,5,11,13-14H2,1-2H3,(H,23,24)/b18-8-/i1D3,2D3,3D,4D,5D2,6D,7D,8D,9D,10D,11D2,12D,14D2. The van der Waals surface area contributed by atoms with E-state index in [1.807, 2.05) is 0 Å². The van der Waals surface area contributed by atoms with Crippen molar-refractivity contribution < 1.29 is 42.1 Å². The van der Waals surface area contributed by atoms with Crippen LogP contribution in [0.3, 0.4) is 0 Å². The van der Waals surface area contributed by atoms with Crippen LogP contribution in [0.15, 0.2) is 48.3 Å². The molecule has 1 aliphatic rings. The van der Waals surface area contributed by atoms with E-state index in [4.69, 9.17) is 32.2 Å². The van der Waals surface area contributed by atoms with Crippen LogP contribution in [0.4, 0.5) is 0 Å². The summed E-state index contributed by atoms with van der Waals surface area (Å²) in [7, 11) is 0. The Hall–Kier alpha value is -2.59. The molecule has 0 unspecified atom stereocenters. The van der Waals surface area contributed by atoms with E-state index in [0.717, 1.165) is 0 Å². The Labute approximate surface area is 176 Å². The number of hydrogen-bond donors (Lipinski definition) is 1. The van der Waals surface area contributed by atoms with Gasteiger partial charge in [0.15, 0.2) is 0 Å². The Morgan fingerprint density at radius 1 is 1.44 bits per heavy atom. The van der Waals surface area contributed by atoms with Gasteiger partial charge in [0.05, 0.1) is 20.1 Å². The molecule has 0 aromatic heterocycles.